The molecule has 4 nitrogen and oxygen atoms in total. The molecule has 0 atom stereocenters. The molecule has 148 valence electrons. The number of hydrogen-bond acceptors (Lipinski definition) is 5. The SMILES string of the molecule is C=CC(=O)Oc1ccc(-c2ccc3c(c2)sc2c(F)c(OC(=O)C=C)ccc23)cc1. The first-order valence-corrected chi connectivity index (χ1v) is 9.75. The number of thiophene rings is 1. The van der Waals surface area contributed by atoms with Crippen LogP contribution < -0.4 is 9.47 Å². The minimum atomic E-state index is -0.709. The van der Waals surface area contributed by atoms with Gasteiger partial charge in [0.25, 0.3) is 0 Å². The van der Waals surface area contributed by atoms with Crippen LogP contribution in [0.4, 0.5) is 4.39 Å². The lowest BCUT2D eigenvalue weighted by Crippen LogP contribution is -2.04. The van der Waals surface area contributed by atoms with Crippen molar-refractivity contribution in [1.82, 2.24) is 0 Å². The molecule has 0 spiro atoms. The number of fused-ring (bicyclic) bond motifs is 3. The molecular weight excluding hydrogens is 403 g/mol. The molecule has 1 heterocycles. The predicted octanol–water partition coefficient (Wildman–Crippen LogP) is 6.04. The molecule has 0 unspecified atom stereocenters. The van der Waals surface area contributed by atoms with Gasteiger partial charge in [0.1, 0.15) is 5.75 Å². The molecule has 0 aliphatic carbocycles. The lowest BCUT2D eigenvalue weighted by Gasteiger charge is -2.05. The Labute approximate surface area is 175 Å². The molecule has 30 heavy (non-hydrogen) atoms. The van der Waals surface area contributed by atoms with E-state index in [1.165, 1.54) is 17.4 Å². The Morgan fingerprint density at radius 3 is 2.17 bits per heavy atom. The van der Waals surface area contributed by atoms with Crippen LogP contribution in [0.5, 0.6) is 11.5 Å². The fraction of sp³-hybridized carbons (Fsp3) is 0. The van der Waals surface area contributed by atoms with Crippen LogP contribution in [0.1, 0.15) is 0 Å². The highest BCUT2D eigenvalue weighted by Crippen LogP contribution is 2.40. The molecule has 3 aromatic carbocycles. The van der Waals surface area contributed by atoms with Gasteiger partial charge >= 0.3 is 11.9 Å². The zero-order valence-corrected chi connectivity index (χ0v) is 16.5. The van der Waals surface area contributed by atoms with Crippen molar-refractivity contribution in [2.75, 3.05) is 0 Å². The van der Waals surface area contributed by atoms with Crippen molar-refractivity contribution in [3.63, 3.8) is 0 Å². The lowest BCUT2D eigenvalue weighted by molar-refractivity contribution is -0.129. The molecule has 0 saturated carbocycles. The Morgan fingerprint density at radius 1 is 0.833 bits per heavy atom. The highest BCUT2D eigenvalue weighted by atomic mass is 32.1. The number of esters is 2. The third-order valence-electron chi connectivity index (χ3n) is 4.50. The number of carbonyl (C=O) groups excluding carboxylic acids is 2. The van der Waals surface area contributed by atoms with E-state index in [1.54, 1.807) is 18.2 Å². The molecule has 0 aliphatic heterocycles. The van der Waals surface area contributed by atoms with Crippen LogP contribution >= 0.6 is 11.3 Å². The van der Waals surface area contributed by atoms with Crippen LogP contribution in [0.25, 0.3) is 31.3 Å². The summed E-state index contributed by atoms with van der Waals surface area (Å²) in [6.07, 6.45) is 2.09. The molecule has 0 amide bonds. The van der Waals surface area contributed by atoms with Gasteiger partial charge < -0.3 is 9.47 Å². The first kappa shape index (κ1) is 19.5. The molecule has 4 rings (SSSR count). The highest BCUT2D eigenvalue weighted by Gasteiger charge is 2.16. The maximum atomic E-state index is 14.9. The summed E-state index contributed by atoms with van der Waals surface area (Å²) in [5, 5.41) is 1.67. The largest absolute Gasteiger partial charge is 0.423 e. The van der Waals surface area contributed by atoms with Gasteiger partial charge in [-0.1, -0.05) is 37.4 Å². The molecule has 1 aromatic heterocycles. The van der Waals surface area contributed by atoms with Crippen molar-refractivity contribution in [1.29, 1.82) is 0 Å². The van der Waals surface area contributed by atoms with E-state index in [0.717, 1.165) is 38.8 Å². The summed E-state index contributed by atoms with van der Waals surface area (Å²) in [5.74, 6) is -1.49. The minimum Gasteiger partial charge on any atom is -0.423 e. The Kier molecular flexibility index (Phi) is 5.16. The standard InChI is InChI=1S/C24H15FO4S/c1-3-21(26)28-16-8-5-14(6-9-16)15-7-10-17-18-11-12-19(29-22(27)4-2)23(25)24(18)30-20(17)13-15/h3-13H,1-2H2. The molecule has 6 heteroatoms. The van der Waals surface area contributed by atoms with E-state index in [2.05, 4.69) is 13.2 Å². The number of ether oxygens (including phenoxy) is 2. The topological polar surface area (TPSA) is 52.6 Å². The maximum Gasteiger partial charge on any atom is 0.335 e. The van der Waals surface area contributed by atoms with Crippen molar-refractivity contribution in [3.05, 3.63) is 85.7 Å². The summed E-state index contributed by atoms with van der Waals surface area (Å²) in [4.78, 5) is 22.7. The van der Waals surface area contributed by atoms with Gasteiger partial charge in [0.2, 0.25) is 0 Å². The molecule has 0 N–H and O–H groups in total. The van der Waals surface area contributed by atoms with Crippen molar-refractivity contribution in [2.24, 2.45) is 0 Å². The van der Waals surface area contributed by atoms with Gasteiger partial charge in [0.05, 0.1) is 4.70 Å². The van der Waals surface area contributed by atoms with Gasteiger partial charge in [-0.15, -0.1) is 11.3 Å². The van der Waals surface area contributed by atoms with Crippen LogP contribution in [0.2, 0.25) is 0 Å². The third-order valence-corrected chi connectivity index (χ3v) is 5.66. The highest BCUT2D eigenvalue weighted by molar-refractivity contribution is 7.25. The first-order chi connectivity index (χ1) is 14.5. The monoisotopic (exact) mass is 418 g/mol. The average molecular weight is 418 g/mol. The summed E-state index contributed by atoms with van der Waals surface area (Å²) in [6.45, 7) is 6.69. The Hall–Kier alpha value is -3.77. The van der Waals surface area contributed by atoms with E-state index in [4.69, 9.17) is 9.47 Å². The van der Waals surface area contributed by atoms with Gasteiger partial charge in [-0.25, -0.2) is 14.0 Å². The van der Waals surface area contributed by atoms with Crippen LogP contribution in [0.3, 0.4) is 0 Å². The molecule has 0 fully saturated rings. The smallest absolute Gasteiger partial charge is 0.335 e. The van der Waals surface area contributed by atoms with E-state index in [1.807, 2.05) is 30.3 Å². The van der Waals surface area contributed by atoms with Crippen LogP contribution in [-0.4, -0.2) is 11.9 Å². The molecule has 0 bridgehead atoms. The van der Waals surface area contributed by atoms with Gasteiger partial charge in [0.15, 0.2) is 11.6 Å². The fourth-order valence-electron chi connectivity index (χ4n) is 3.07. The molecule has 0 aliphatic rings. The predicted molar refractivity (Wildman–Crippen MR) is 116 cm³/mol. The number of rotatable bonds is 5. The Bertz CT molecular complexity index is 1320. The second kappa shape index (κ2) is 7.93. The normalized spacial score (nSPS) is 10.7. The molecule has 0 radical (unpaired) electrons. The van der Waals surface area contributed by atoms with E-state index >= 15 is 0 Å². The summed E-state index contributed by atoms with van der Waals surface area (Å²) in [6, 6.07) is 16.1. The number of carbonyl (C=O) groups is 2. The van der Waals surface area contributed by atoms with Crippen molar-refractivity contribution in [3.8, 4) is 22.6 Å². The van der Waals surface area contributed by atoms with Crippen molar-refractivity contribution >= 4 is 43.4 Å². The summed E-state index contributed by atoms with van der Waals surface area (Å²) in [7, 11) is 0. The minimum absolute atomic E-state index is 0.121. The fourth-order valence-corrected chi connectivity index (χ4v) is 4.24. The summed E-state index contributed by atoms with van der Waals surface area (Å²) < 4.78 is 26.2. The lowest BCUT2D eigenvalue weighted by atomic mass is 10.0. The Morgan fingerprint density at radius 2 is 1.47 bits per heavy atom. The summed E-state index contributed by atoms with van der Waals surface area (Å²) in [5.41, 5.74) is 1.86. The average Bonchev–Trinajstić information content (AvgIpc) is 3.14. The maximum absolute atomic E-state index is 14.9. The second-order valence-corrected chi connectivity index (χ2v) is 7.39. The molecular formula is C24H15FO4S. The van der Waals surface area contributed by atoms with E-state index in [-0.39, 0.29) is 5.75 Å². The van der Waals surface area contributed by atoms with E-state index < -0.39 is 17.8 Å². The van der Waals surface area contributed by atoms with Crippen molar-refractivity contribution in [2.45, 2.75) is 0 Å². The number of halogens is 1. The zero-order chi connectivity index (χ0) is 21.3. The molecule has 4 aromatic rings. The molecule has 0 saturated heterocycles. The van der Waals surface area contributed by atoms with E-state index in [9.17, 15) is 14.0 Å². The van der Waals surface area contributed by atoms with Gasteiger partial charge in [-0.2, -0.15) is 0 Å². The zero-order valence-electron chi connectivity index (χ0n) is 15.7. The number of hydrogen-bond donors (Lipinski definition) is 0. The first-order valence-electron chi connectivity index (χ1n) is 8.94. The van der Waals surface area contributed by atoms with Crippen molar-refractivity contribution < 1.29 is 23.5 Å². The number of benzene rings is 3. The van der Waals surface area contributed by atoms with Crippen LogP contribution in [0.15, 0.2) is 79.9 Å². The third kappa shape index (κ3) is 3.60. The second-order valence-electron chi connectivity index (χ2n) is 6.34. The van der Waals surface area contributed by atoms with Crippen LogP contribution in [-0.2, 0) is 9.59 Å². The summed E-state index contributed by atoms with van der Waals surface area (Å²) >= 11 is 1.29. The van der Waals surface area contributed by atoms with Gasteiger partial charge in [-0.05, 0) is 41.5 Å². The Balaban J connectivity index is 1.72. The van der Waals surface area contributed by atoms with Gasteiger partial charge in [-0.3, -0.25) is 0 Å². The quantitative estimate of drug-likeness (QED) is 0.225. The van der Waals surface area contributed by atoms with E-state index in [0.29, 0.717) is 10.4 Å². The van der Waals surface area contributed by atoms with Crippen LogP contribution in [0, 0.1) is 5.82 Å². The van der Waals surface area contributed by atoms with Gasteiger partial charge in [0, 0.05) is 27.6 Å².